The van der Waals surface area contributed by atoms with Crippen LogP contribution in [0.3, 0.4) is 0 Å². The third-order valence-corrected chi connectivity index (χ3v) is 7.42. The van der Waals surface area contributed by atoms with Gasteiger partial charge in [0.15, 0.2) is 11.3 Å². The molecular weight excluding hydrogens is 510 g/mol. The van der Waals surface area contributed by atoms with E-state index in [0.29, 0.717) is 16.4 Å². The van der Waals surface area contributed by atoms with Crippen LogP contribution >= 0.6 is 11.6 Å². The molecule has 2 aliphatic rings. The lowest BCUT2D eigenvalue weighted by Gasteiger charge is -2.20. The van der Waals surface area contributed by atoms with Crippen LogP contribution in [0.15, 0.2) is 33.8 Å². The maximum absolute atomic E-state index is 13.4. The summed E-state index contributed by atoms with van der Waals surface area (Å²) in [5.41, 5.74) is 0.451. The van der Waals surface area contributed by atoms with Crippen molar-refractivity contribution in [2.45, 2.75) is 32.5 Å². The first kappa shape index (κ1) is 24.6. The number of nitrogens with zero attached hydrogens (tertiary/aromatic N) is 4. The molecule has 1 aromatic carbocycles. The number of nitro groups is 1. The van der Waals surface area contributed by atoms with Gasteiger partial charge >= 0.3 is 11.8 Å². The number of aliphatic carboxylic acids is 1. The molecule has 2 amide bonds. The second-order valence-corrected chi connectivity index (χ2v) is 9.44. The van der Waals surface area contributed by atoms with E-state index in [1.165, 1.54) is 10.6 Å². The van der Waals surface area contributed by atoms with E-state index in [2.05, 4.69) is 10.3 Å². The zero-order valence-corrected chi connectivity index (χ0v) is 20.3. The van der Waals surface area contributed by atoms with Gasteiger partial charge in [-0.3, -0.25) is 29.4 Å². The van der Waals surface area contributed by atoms with E-state index >= 15 is 0 Å². The van der Waals surface area contributed by atoms with Crippen molar-refractivity contribution in [3.05, 3.63) is 66.9 Å². The summed E-state index contributed by atoms with van der Waals surface area (Å²) >= 11 is 6.18. The van der Waals surface area contributed by atoms with Crippen LogP contribution in [0.25, 0.3) is 11.0 Å². The van der Waals surface area contributed by atoms with Gasteiger partial charge in [0.25, 0.3) is 0 Å². The van der Waals surface area contributed by atoms with Crippen LogP contribution in [0.4, 0.5) is 5.82 Å². The largest absolute Gasteiger partial charge is 0.480 e. The lowest BCUT2D eigenvalue weighted by Crippen LogP contribution is -2.44. The molecule has 0 bridgehead atoms. The molecule has 2 fully saturated rings. The van der Waals surface area contributed by atoms with Crippen LogP contribution in [0.1, 0.15) is 23.0 Å². The van der Waals surface area contributed by atoms with Gasteiger partial charge < -0.3 is 19.6 Å². The van der Waals surface area contributed by atoms with E-state index < -0.39 is 52.1 Å². The van der Waals surface area contributed by atoms with Crippen LogP contribution < -0.4 is 10.7 Å². The Morgan fingerprint density at radius 2 is 1.92 bits per heavy atom. The number of carboxylic acid groups (broad SMARTS) is 1. The summed E-state index contributed by atoms with van der Waals surface area (Å²) in [6.07, 6.45) is 2.24. The number of halogens is 1. The van der Waals surface area contributed by atoms with Crippen LogP contribution in [-0.2, 0) is 20.9 Å². The number of benzene rings is 1. The Hall–Kier alpha value is -4.10. The number of rotatable bonds is 6. The van der Waals surface area contributed by atoms with E-state index in [1.807, 2.05) is 0 Å². The first-order valence-electron chi connectivity index (χ1n) is 11.2. The van der Waals surface area contributed by atoms with Crippen molar-refractivity contribution in [1.82, 2.24) is 19.8 Å². The van der Waals surface area contributed by atoms with Crippen molar-refractivity contribution in [2.75, 3.05) is 6.54 Å². The Labute approximate surface area is 212 Å². The van der Waals surface area contributed by atoms with Crippen LogP contribution in [0.2, 0.25) is 5.02 Å². The fourth-order valence-electron chi connectivity index (χ4n) is 5.16. The third kappa shape index (κ3) is 3.78. The summed E-state index contributed by atoms with van der Waals surface area (Å²) in [6.45, 7) is 2.95. The second-order valence-electron chi connectivity index (χ2n) is 9.03. The highest BCUT2D eigenvalue weighted by Gasteiger charge is 2.61. The number of hydrogen-bond donors (Lipinski definition) is 2. The number of nitrogens with one attached hydrogen (secondary N) is 1. The molecule has 2 aromatic heterocycles. The van der Waals surface area contributed by atoms with E-state index in [-0.39, 0.29) is 35.4 Å². The molecule has 0 aliphatic carbocycles. The fourth-order valence-corrected chi connectivity index (χ4v) is 5.33. The maximum Gasteiger partial charge on any atom is 0.342 e. The molecule has 14 heteroatoms. The Bertz CT molecular complexity index is 1560. The predicted molar refractivity (Wildman–Crippen MR) is 127 cm³/mol. The smallest absolute Gasteiger partial charge is 0.342 e. The summed E-state index contributed by atoms with van der Waals surface area (Å²) in [5.74, 6) is -5.22. The number of carbonyl (C=O) groups excluding carboxylic acids is 2. The Morgan fingerprint density at radius 1 is 1.22 bits per heavy atom. The third-order valence-electron chi connectivity index (χ3n) is 7.02. The van der Waals surface area contributed by atoms with E-state index in [1.54, 1.807) is 19.9 Å². The molecule has 37 heavy (non-hydrogen) atoms. The van der Waals surface area contributed by atoms with Gasteiger partial charge in [-0.05, 0) is 29.5 Å². The van der Waals surface area contributed by atoms with Gasteiger partial charge in [0, 0.05) is 11.9 Å². The van der Waals surface area contributed by atoms with Gasteiger partial charge in [-0.15, -0.1) is 0 Å². The summed E-state index contributed by atoms with van der Waals surface area (Å²) in [6, 6.07) is 0.489. The maximum atomic E-state index is 13.4. The van der Waals surface area contributed by atoms with Crippen molar-refractivity contribution in [2.24, 2.45) is 11.8 Å². The van der Waals surface area contributed by atoms with E-state index in [9.17, 15) is 34.4 Å². The molecule has 13 nitrogen and oxygen atoms in total. The average Bonchev–Trinajstić information content (AvgIpc) is 3.48. The highest BCUT2D eigenvalue weighted by Crippen LogP contribution is 2.43. The van der Waals surface area contributed by atoms with Crippen molar-refractivity contribution in [3.63, 3.8) is 0 Å². The summed E-state index contributed by atoms with van der Waals surface area (Å²) < 4.78 is 6.87. The Kier molecular flexibility index (Phi) is 5.83. The first-order valence-corrected chi connectivity index (χ1v) is 11.6. The summed E-state index contributed by atoms with van der Waals surface area (Å²) in [4.78, 5) is 67.5. The molecule has 4 heterocycles. The number of carbonyl (C=O) groups is 3. The Morgan fingerprint density at radius 3 is 2.59 bits per heavy atom. The lowest BCUT2D eigenvalue weighted by atomic mass is 9.86. The number of imidazole rings is 1. The zero-order chi connectivity index (χ0) is 26.8. The molecule has 4 atom stereocenters. The molecule has 5 rings (SSSR count). The van der Waals surface area contributed by atoms with Gasteiger partial charge in [0.05, 0.1) is 41.6 Å². The van der Waals surface area contributed by atoms with Crippen molar-refractivity contribution in [3.8, 4) is 0 Å². The van der Waals surface area contributed by atoms with Crippen molar-refractivity contribution >= 4 is 46.2 Å². The topological polar surface area (TPSA) is 178 Å². The van der Waals surface area contributed by atoms with Crippen LogP contribution in [0, 0.1) is 35.8 Å². The number of likely N-dealkylation sites (tertiary alicyclic amines) is 1. The molecule has 0 spiro atoms. The van der Waals surface area contributed by atoms with E-state index in [4.69, 9.17) is 16.0 Å². The van der Waals surface area contributed by atoms with Gasteiger partial charge in [-0.1, -0.05) is 11.6 Å². The number of aryl methyl sites for hydroxylation is 2. The molecule has 2 saturated heterocycles. The molecule has 0 radical (unpaired) electrons. The number of aromatic nitrogens is 2. The van der Waals surface area contributed by atoms with Crippen LogP contribution in [-0.4, -0.2) is 54.9 Å². The zero-order valence-electron chi connectivity index (χ0n) is 19.5. The monoisotopic (exact) mass is 529 g/mol. The standard InChI is InChI=1S/C23H20ClN5O8/c1-9-5-14-11(6-13(9)24)20(30)12(8-37-14)18-16-17(19(26-18)23(33)34)22(32)28(21(16)31)4-3-27-10(2)25-7-15(27)29(35)36/h5-8,16-19,26H,3-4H2,1-2H3,(H,33,34). The van der Waals surface area contributed by atoms with Gasteiger partial charge in [-0.2, -0.15) is 0 Å². The predicted octanol–water partition coefficient (Wildman–Crippen LogP) is 1.57. The van der Waals surface area contributed by atoms with Gasteiger partial charge in [0.1, 0.15) is 24.4 Å². The molecule has 2 N–H and O–H groups in total. The molecule has 4 unspecified atom stereocenters. The van der Waals surface area contributed by atoms with Gasteiger partial charge in [-0.25, -0.2) is 9.55 Å². The minimum atomic E-state index is -1.43. The number of hydrogen-bond acceptors (Lipinski definition) is 9. The number of amides is 2. The number of fused-ring (bicyclic) bond motifs is 2. The van der Waals surface area contributed by atoms with Crippen molar-refractivity contribution < 1.29 is 28.8 Å². The SMILES string of the molecule is Cc1cc2occ(C3NC(C(=O)O)C4C(=O)N(CCn5c([N+](=O)[O-])cnc5C)C(=O)C34)c(=O)c2cc1Cl. The minimum absolute atomic E-state index is 0.00439. The highest BCUT2D eigenvalue weighted by atomic mass is 35.5. The first-order chi connectivity index (χ1) is 17.5. The Balaban J connectivity index is 1.51. The summed E-state index contributed by atoms with van der Waals surface area (Å²) in [5, 5.41) is 24.3. The van der Waals surface area contributed by atoms with Crippen molar-refractivity contribution in [1.29, 1.82) is 0 Å². The molecular formula is C23H20ClN5O8. The van der Waals surface area contributed by atoms with E-state index in [0.717, 1.165) is 17.4 Å². The minimum Gasteiger partial charge on any atom is -0.480 e. The fraction of sp³-hybridized carbons (Fsp3) is 0.348. The molecule has 2 aliphatic heterocycles. The average molecular weight is 530 g/mol. The lowest BCUT2D eigenvalue weighted by molar-refractivity contribution is -0.392. The second kappa shape index (κ2) is 8.78. The molecule has 3 aromatic rings. The van der Waals surface area contributed by atoms with Gasteiger partial charge in [0.2, 0.25) is 11.8 Å². The molecule has 0 saturated carbocycles. The van der Waals surface area contributed by atoms with Crippen LogP contribution in [0.5, 0.6) is 0 Å². The summed E-state index contributed by atoms with van der Waals surface area (Å²) in [7, 11) is 0. The highest BCUT2D eigenvalue weighted by molar-refractivity contribution is 6.32. The molecule has 192 valence electrons. The normalized spacial score (nSPS) is 23.2. The quantitative estimate of drug-likeness (QED) is 0.270. The number of carboxylic acids is 1. The number of imide groups is 1.